The fraction of sp³-hybridized carbons (Fsp3) is 0.273. The summed E-state index contributed by atoms with van der Waals surface area (Å²) < 4.78 is 43.3. The molecule has 1 aromatic carbocycles. The van der Waals surface area contributed by atoms with Crippen LogP contribution in [-0.2, 0) is 12.7 Å². The molecular weight excluding hydrogens is 297 g/mol. The number of nitrogens with one attached hydrogen (secondary N) is 2. The zero-order valence-electron chi connectivity index (χ0n) is 10.3. The first kappa shape index (κ1) is 14.6. The molecule has 0 radical (unpaired) electrons. The predicted molar refractivity (Wildman–Crippen MR) is 66.8 cm³/mol. The normalized spacial score (nSPS) is 11.7. The molecule has 1 heterocycles. The van der Waals surface area contributed by atoms with Gasteiger partial charge in [0.25, 0.3) is 0 Å². The Morgan fingerprint density at radius 1 is 1.30 bits per heavy atom. The summed E-state index contributed by atoms with van der Waals surface area (Å²) in [4.78, 5) is 0. The first-order chi connectivity index (χ1) is 9.40. The van der Waals surface area contributed by atoms with Crippen molar-refractivity contribution < 1.29 is 17.6 Å². The first-order valence-corrected chi connectivity index (χ1v) is 5.88. The van der Waals surface area contributed by atoms with Crippen molar-refractivity contribution in [3.8, 4) is 0 Å². The summed E-state index contributed by atoms with van der Waals surface area (Å²) >= 11 is 5.52. The van der Waals surface area contributed by atoms with Crippen molar-refractivity contribution in [2.75, 3.05) is 12.4 Å². The molecule has 20 heavy (non-hydrogen) atoms. The van der Waals surface area contributed by atoms with Crippen LogP contribution in [0.2, 0.25) is 5.02 Å². The van der Waals surface area contributed by atoms with Gasteiger partial charge in [0.1, 0.15) is 0 Å². The second-order valence-electron chi connectivity index (χ2n) is 3.85. The van der Waals surface area contributed by atoms with E-state index >= 15 is 0 Å². The van der Waals surface area contributed by atoms with Gasteiger partial charge in [-0.3, -0.25) is 0 Å². The van der Waals surface area contributed by atoms with E-state index in [9.17, 15) is 13.2 Å². The van der Waals surface area contributed by atoms with E-state index in [1.54, 1.807) is 7.05 Å². The monoisotopic (exact) mass is 306 g/mol. The van der Waals surface area contributed by atoms with Gasteiger partial charge in [0.05, 0.1) is 17.1 Å². The second kappa shape index (κ2) is 5.68. The Morgan fingerprint density at radius 3 is 2.70 bits per heavy atom. The number of aromatic nitrogens is 2. The number of benzene rings is 1. The maximum Gasteiger partial charge on any atom is 0.417 e. The highest BCUT2D eigenvalue weighted by molar-refractivity contribution is 6.31. The van der Waals surface area contributed by atoms with Gasteiger partial charge in [0.2, 0.25) is 5.89 Å². The van der Waals surface area contributed by atoms with Crippen LogP contribution in [0.15, 0.2) is 22.6 Å². The standard InChI is InChI=1S/C11H10ClF3N4O/c1-16-5-9-18-19-10(20-9)17-6-2-3-8(12)7(4-6)11(13,14)15/h2-4,16H,5H2,1H3,(H,17,19). The molecule has 0 fully saturated rings. The largest absolute Gasteiger partial charge is 0.417 e. The van der Waals surface area contributed by atoms with Crippen LogP contribution >= 0.6 is 11.6 Å². The minimum atomic E-state index is -4.53. The lowest BCUT2D eigenvalue weighted by Gasteiger charge is -2.10. The fourth-order valence-corrected chi connectivity index (χ4v) is 1.70. The molecule has 0 spiro atoms. The Hall–Kier alpha value is -1.80. The lowest BCUT2D eigenvalue weighted by molar-refractivity contribution is -0.137. The molecule has 108 valence electrons. The van der Waals surface area contributed by atoms with Gasteiger partial charge in [-0.05, 0) is 25.2 Å². The molecule has 0 unspecified atom stereocenters. The van der Waals surface area contributed by atoms with Crippen molar-refractivity contribution in [1.82, 2.24) is 15.5 Å². The molecule has 5 nitrogen and oxygen atoms in total. The van der Waals surface area contributed by atoms with Crippen LogP contribution in [0.3, 0.4) is 0 Å². The van der Waals surface area contributed by atoms with E-state index in [0.29, 0.717) is 12.4 Å². The summed E-state index contributed by atoms with van der Waals surface area (Å²) in [5.74, 6) is 0.319. The van der Waals surface area contributed by atoms with Crippen LogP contribution in [0.5, 0.6) is 0 Å². The molecule has 1 aromatic heterocycles. The molecule has 2 aromatic rings. The summed E-state index contributed by atoms with van der Waals surface area (Å²) in [7, 11) is 1.70. The van der Waals surface area contributed by atoms with Crippen molar-refractivity contribution >= 4 is 23.3 Å². The predicted octanol–water partition coefficient (Wildman–Crippen LogP) is 3.20. The topological polar surface area (TPSA) is 63.0 Å². The Labute approximate surface area is 117 Å². The molecule has 2 N–H and O–H groups in total. The van der Waals surface area contributed by atoms with Gasteiger partial charge in [0.15, 0.2) is 0 Å². The molecule has 0 saturated carbocycles. The van der Waals surface area contributed by atoms with E-state index in [1.807, 2.05) is 0 Å². The summed E-state index contributed by atoms with van der Waals surface area (Å²) in [6, 6.07) is 3.42. The Balaban J connectivity index is 2.21. The molecule has 9 heteroatoms. The van der Waals surface area contributed by atoms with E-state index in [1.165, 1.54) is 6.07 Å². The van der Waals surface area contributed by atoms with Gasteiger partial charge in [-0.2, -0.15) is 13.2 Å². The van der Waals surface area contributed by atoms with Gasteiger partial charge >= 0.3 is 12.2 Å². The molecule has 0 saturated heterocycles. The second-order valence-corrected chi connectivity index (χ2v) is 4.26. The van der Waals surface area contributed by atoms with Gasteiger partial charge in [-0.15, -0.1) is 5.10 Å². The quantitative estimate of drug-likeness (QED) is 0.908. The van der Waals surface area contributed by atoms with E-state index in [-0.39, 0.29) is 16.7 Å². The highest BCUT2D eigenvalue weighted by atomic mass is 35.5. The van der Waals surface area contributed by atoms with Crippen LogP contribution in [0.1, 0.15) is 11.5 Å². The zero-order valence-corrected chi connectivity index (χ0v) is 11.0. The minimum absolute atomic E-state index is 0.00527. The van der Waals surface area contributed by atoms with Crippen LogP contribution in [0, 0.1) is 0 Å². The van der Waals surface area contributed by atoms with E-state index in [0.717, 1.165) is 12.1 Å². The Kier molecular flexibility index (Phi) is 4.15. The van der Waals surface area contributed by atoms with Crippen molar-refractivity contribution in [1.29, 1.82) is 0 Å². The molecule has 0 aliphatic carbocycles. The fourth-order valence-electron chi connectivity index (χ4n) is 1.47. The summed E-state index contributed by atoms with van der Waals surface area (Å²) in [5, 5.41) is 12.4. The SMILES string of the molecule is CNCc1nnc(Nc2ccc(Cl)c(C(F)(F)F)c2)o1. The molecule has 0 amide bonds. The van der Waals surface area contributed by atoms with Crippen molar-refractivity contribution in [3.63, 3.8) is 0 Å². The van der Waals surface area contributed by atoms with E-state index < -0.39 is 11.7 Å². The van der Waals surface area contributed by atoms with Crippen LogP contribution in [-0.4, -0.2) is 17.2 Å². The number of halogens is 4. The van der Waals surface area contributed by atoms with Crippen molar-refractivity contribution in [3.05, 3.63) is 34.7 Å². The number of hydrogen-bond donors (Lipinski definition) is 2. The molecule has 0 aliphatic heterocycles. The van der Waals surface area contributed by atoms with Gasteiger partial charge in [-0.1, -0.05) is 16.7 Å². The number of alkyl halides is 3. The van der Waals surface area contributed by atoms with Gasteiger partial charge in [-0.25, -0.2) is 0 Å². The average Bonchev–Trinajstić information content (AvgIpc) is 2.78. The molecule has 2 rings (SSSR count). The minimum Gasteiger partial charge on any atom is -0.406 e. The third-order valence-corrected chi connectivity index (χ3v) is 2.65. The van der Waals surface area contributed by atoms with E-state index in [4.69, 9.17) is 16.0 Å². The Bertz CT molecular complexity index is 600. The number of anilines is 2. The van der Waals surface area contributed by atoms with Crippen LogP contribution in [0.4, 0.5) is 24.9 Å². The molecule has 0 aliphatic rings. The number of nitrogens with zero attached hydrogens (tertiary/aromatic N) is 2. The van der Waals surface area contributed by atoms with Crippen molar-refractivity contribution in [2.24, 2.45) is 0 Å². The average molecular weight is 307 g/mol. The van der Waals surface area contributed by atoms with Crippen LogP contribution in [0.25, 0.3) is 0 Å². The highest BCUT2D eigenvalue weighted by Gasteiger charge is 2.33. The third-order valence-electron chi connectivity index (χ3n) is 2.32. The summed E-state index contributed by atoms with van der Waals surface area (Å²) in [5.41, 5.74) is -0.777. The Morgan fingerprint density at radius 2 is 2.05 bits per heavy atom. The molecular formula is C11H10ClF3N4O. The third kappa shape index (κ3) is 3.40. The van der Waals surface area contributed by atoms with E-state index in [2.05, 4.69) is 20.8 Å². The maximum absolute atomic E-state index is 12.7. The smallest absolute Gasteiger partial charge is 0.406 e. The lowest BCUT2D eigenvalue weighted by Crippen LogP contribution is -2.06. The molecule has 0 bridgehead atoms. The van der Waals surface area contributed by atoms with Crippen LogP contribution < -0.4 is 10.6 Å². The maximum atomic E-state index is 12.7. The highest BCUT2D eigenvalue weighted by Crippen LogP contribution is 2.36. The molecule has 0 atom stereocenters. The number of rotatable bonds is 4. The zero-order chi connectivity index (χ0) is 14.8. The first-order valence-electron chi connectivity index (χ1n) is 5.51. The van der Waals surface area contributed by atoms with Gasteiger partial charge in [0, 0.05) is 5.69 Å². The van der Waals surface area contributed by atoms with Gasteiger partial charge < -0.3 is 15.1 Å². The number of hydrogen-bond acceptors (Lipinski definition) is 5. The summed E-state index contributed by atoms with van der Waals surface area (Å²) in [6.45, 7) is 0.364. The summed E-state index contributed by atoms with van der Waals surface area (Å²) in [6.07, 6.45) is -4.53. The van der Waals surface area contributed by atoms with Crippen molar-refractivity contribution in [2.45, 2.75) is 12.7 Å². The lowest BCUT2D eigenvalue weighted by atomic mass is 10.2.